The number of nitrogens with zero attached hydrogens (tertiary/aromatic N) is 1. The van der Waals surface area contributed by atoms with Crippen molar-refractivity contribution in [3.05, 3.63) is 53.7 Å². The Bertz CT molecular complexity index is 437. The SMILES string of the molecule is CCNC(c1ccoc1)c1ccncc1C. The highest BCUT2D eigenvalue weighted by atomic mass is 16.3. The Kier molecular flexibility index (Phi) is 3.37. The number of furan rings is 1. The molecule has 0 aliphatic carbocycles. The molecule has 2 heterocycles. The van der Waals surface area contributed by atoms with E-state index in [-0.39, 0.29) is 6.04 Å². The molecular weight excluding hydrogens is 200 g/mol. The van der Waals surface area contributed by atoms with E-state index in [4.69, 9.17) is 4.42 Å². The third-order valence-electron chi connectivity index (χ3n) is 2.66. The molecule has 84 valence electrons. The minimum absolute atomic E-state index is 0.187. The number of pyridine rings is 1. The smallest absolute Gasteiger partial charge is 0.0953 e. The predicted octanol–water partition coefficient (Wildman–Crippen LogP) is 2.68. The number of hydrogen-bond donors (Lipinski definition) is 1. The molecule has 3 heteroatoms. The lowest BCUT2D eigenvalue weighted by Crippen LogP contribution is -2.22. The zero-order chi connectivity index (χ0) is 11.4. The van der Waals surface area contributed by atoms with Gasteiger partial charge in [-0.05, 0) is 36.7 Å². The third kappa shape index (κ3) is 2.14. The molecule has 0 spiro atoms. The summed E-state index contributed by atoms with van der Waals surface area (Å²) in [5, 5.41) is 3.45. The van der Waals surface area contributed by atoms with E-state index in [0.29, 0.717) is 0 Å². The van der Waals surface area contributed by atoms with Gasteiger partial charge in [-0.2, -0.15) is 0 Å². The van der Waals surface area contributed by atoms with Gasteiger partial charge < -0.3 is 9.73 Å². The molecule has 0 aliphatic heterocycles. The number of hydrogen-bond acceptors (Lipinski definition) is 3. The topological polar surface area (TPSA) is 38.1 Å². The number of aromatic nitrogens is 1. The van der Waals surface area contributed by atoms with Gasteiger partial charge in [-0.15, -0.1) is 0 Å². The van der Waals surface area contributed by atoms with Crippen LogP contribution in [0.15, 0.2) is 41.5 Å². The van der Waals surface area contributed by atoms with Crippen LogP contribution < -0.4 is 5.32 Å². The maximum atomic E-state index is 5.15. The lowest BCUT2D eigenvalue weighted by Gasteiger charge is -2.18. The van der Waals surface area contributed by atoms with Crippen molar-refractivity contribution in [1.82, 2.24) is 10.3 Å². The second-order valence-corrected chi connectivity index (χ2v) is 3.78. The molecule has 0 amide bonds. The average Bonchev–Trinajstić information content (AvgIpc) is 2.80. The van der Waals surface area contributed by atoms with Crippen LogP contribution in [0.4, 0.5) is 0 Å². The van der Waals surface area contributed by atoms with Crippen LogP contribution in [-0.4, -0.2) is 11.5 Å². The van der Waals surface area contributed by atoms with Gasteiger partial charge in [0, 0.05) is 18.0 Å². The maximum Gasteiger partial charge on any atom is 0.0953 e. The van der Waals surface area contributed by atoms with Crippen LogP contribution >= 0.6 is 0 Å². The van der Waals surface area contributed by atoms with Crippen molar-refractivity contribution in [2.45, 2.75) is 19.9 Å². The highest BCUT2D eigenvalue weighted by Gasteiger charge is 2.15. The molecule has 0 aliphatic rings. The maximum absolute atomic E-state index is 5.15. The minimum atomic E-state index is 0.187. The zero-order valence-corrected chi connectivity index (χ0v) is 9.60. The van der Waals surface area contributed by atoms with E-state index >= 15 is 0 Å². The number of nitrogens with one attached hydrogen (secondary N) is 1. The monoisotopic (exact) mass is 216 g/mol. The zero-order valence-electron chi connectivity index (χ0n) is 9.60. The second kappa shape index (κ2) is 4.94. The fraction of sp³-hybridized carbons (Fsp3) is 0.308. The molecule has 0 radical (unpaired) electrons. The van der Waals surface area contributed by atoms with Gasteiger partial charge in [-0.1, -0.05) is 6.92 Å². The van der Waals surface area contributed by atoms with Gasteiger partial charge in [-0.25, -0.2) is 0 Å². The Morgan fingerprint density at radius 2 is 2.31 bits per heavy atom. The third-order valence-corrected chi connectivity index (χ3v) is 2.66. The summed E-state index contributed by atoms with van der Waals surface area (Å²) >= 11 is 0. The highest BCUT2D eigenvalue weighted by molar-refractivity contribution is 5.33. The first-order valence-corrected chi connectivity index (χ1v) is 5.49. The van der Waals surface area contributed by atoms with Gasteiger partial charge in [0.2, 0.25) is 0 Å². The van der Waals surface area contributed by atoms with E-state index in [1.165, 1.54) is 11.1 Å². The molecule has 0 saturated carbocycles. The Morgan fingerprint density at radius 1 is 1.44 bits per heavy atom. The molecule has 0 fully saturated rings. The molecule has 0 aromatic carbocycles. The van der Waals surface area contributed by atoms with E-state index in [9.17, 15) is 0 Å². The van der Waals surface area contributed by atoms with E-state index < -0.39 is 0 Å². The molecule has 2 aromatic rings. The summed E-state index contributed by atoms with van der Waals surface area (Å²) in [5.74, 6) is 0. The molecule has 0 bridgehead atoms. The summed E-state index contributed by atoms with van der Waals surface area (Å²) in [6.07, 6.45) is 7.20. The van der Waals surface area contributed by atoms with Crippen molar-refractivity contribution in [2.24, 2.45) is 0 Å². The van der Waals surface area contributed by atoms with Crippen molar-refractivity contribution in [3.63, 3.8) is 0 Å². The largest absolute Gasteiger partial charge is 0.472 e. The predicted molar refractivity (Wildman–Crippen MR) is 63.2 cm³/mol. The summed E-state index contributed by atoms with van der Waals surface area (Å²) in [6.45, 7) is 5.09. The molecule has 1 N–H and O–H groups in total. The van der Waals surface area contributed by atoms with Crippen molar-refractivity contribution in [2.75, 3.05) is 6.54 Å². The Labute approximate surface area is 95.5 Å². The van der Waals surface area contributed by atoms with E-state index in [0.717, 1.165) is 12.1 Å². The van der Waals surface area contributed by atoms with Crippen LogP contribution in [0, 0.1) is 6.92 Å². The van der Waals surface area contributed by atoms with E-state index in [1.54, 1.807) is 12.5 Å². The van der Waals surface area contributed by atoms with Gasteiger partial charge in [0.05, 0.1) is 18.6 Å². The minimum Gasteiger partial charge on any atom is -0.472 e. The summed E-state index contributed by atoms with van der Waals surface area (Å²) < 4.78 is 5.15. The summed E-state index contributed by atoms with van der Waals surface area (Å²) in [4.78, 5) is 4.12. The normalized spacial score (nSPS) is 12.6. The molecule has 1 atom stereocenters. The van der Waals surface area contributed by atoms with Crippen molar-refractivity contribution >= 4 is 0 Å². The molecule has 1 unspecified atom stereocenters. The Hall–Kier alpha value is -1.61. The summed E-state index contributed by atoms with van der Waals surface area (Å²) in [6, 6.07) is 4.23. The van der Waals surface area contributed by atoms with Crippen molar-refractivity contribution in [3.8, 4) is 0 Å². The quantitative estimate of drug-likeness (QED) is 0.853. The Morgan fingerprint density at radius 3 is 2.94 bits per heavy atom. The van der Waals surface area contributed by atoms with Gasteiger partial charge >= 0.3 is 0 Å². The van der Waals surface area contributed by atoms with Crippen LogP contribution in [0.1, 0.15) is 29.7 Å². The lowest BCUT2D eigenvalue weighted by molar-refractivity contribution is 0.552. The molecular formula is C13H16N2O. The van der Waals surface area contributed by atoms with Crippen LogP contribution in [-0.2, 0) is 0 Å². The van der Waals surface area contributed by atoms with E-state index in [2.05, 4.69) is 30.2 Å². The van der Waals surface area contributed by atoms with Crippen LogP contribution in [0.3, 0.4) is 0 Å². The first-order valence-electron chi connectivity index (χ1n) is 5.49. The van der Waals surface area contributed by atoms with Gasteiger partial charge in [0.15, 0.2) is 0 Å². The lowest BCUT2D eigenvalue weighted by atomic mass is 9.98. The second-order valence-electron chi connectivity index (χ2n) is 3.78. The van der Waals surface area contributed by atoms with Crippen LogP contribution in [0.25, 0.3) is 0 Å². The van der Waals surface area contributed by atoms with Gasteiger partial charge in [-0.3, -0.25) is 4.98 Å². The fourth-order valence-electron chi connectivity index (χ4n) is 1.86. The van der Waals surface area contributed by atoms with Gasteiger partial charge in [0.25, 0.3) is 0 Å². The van der Waals surface area contributed by atoms with E-state index in [1.807, 2.05) is 18.5 Å². The first kappa shape index (κ1) is 10.9. The average molecular weight is 216 g/mol. The van der Waals surface area contributed by atoms with Crippen LogP contribution in [0.2, 0.25) is 0 Å². The fourth-order valence-corrected chi connectivity index (χ4v) is 1.86. The molecule has 0 saturated heterocycles. The molecule has 2 rings (SSSR count). The van der Waals surface area contributed by atoms with Crippen molar-refractivity contribution in [1.29, 1.82) is 0 Å². The molecule has 16 heavy (non-hydrogen) atoms. The number of rotatable bonds is 4. The molecule has 2 aromatic heterocycles. The first-order chi connectivity index (χ1) is 7.83. The van der Waals surface area contributed by atoms with Crippen molar-refractivity contribution < 1.29 is 4.42 Å². The summed E-state index contributed by atoms with van der Waals surface area (Å²) in [5.41, 5.74) is 3.59. The molecule has 3 nitrogen and oxygen atoms in total. The standard InChI is InChI=1S/C13H16N2O/c1-3-15-13(11-5-7-16-9-11)12-4-6-14-8-10(12)2/h4-9,13,15H,3H2,1-2H3. The highest BCUT2D eigenvalue weighted by Crippen LogP contribution is 2.24. The number of aryl methyl sites for hydroxylation is 1. The van der Waals surface area contributed by atoms with Gasteiger partial charge in [0.1, 0.15) is 0 Å². The van der Waals surface area contributed by atoms with Crippen LogP contribution in [0.5, 0.6) is 0 Å². The Balaban J connectivity index is 2.37. The summed E-state index contributed by atoms with van der Waals surface area (Å²) in [7, 11) is 0.